The Labute approximate surface area is 150 Å². The number of likely N-dealkylation sites (N-methyl/N-ethyl adjacent to an activating group) is 1. The van der Waals surface area contributed by atoms with E-state index >= 15 is 0 Å². The SMILES string of the molecule is CCN(CCCCC(=O)O)CC(=O)Nc1ccccc1C(F)(F)F.Cl. The van der Waals surface area contributed by atoms with E-state index in [2.05, 4.69) is 5.32 Å². The Hall–Kier alpha value is -1.80. The quantitative estimate of drug-likeness (QED) is 0.640. The summed E-state index contributed by atoms with van der Waals surface area (Å²) in [7, 11) is 0. The Kier molecular flexibility index (Phi) is 10.2. The summed E-state index contributed by atoms with van der Waals surface area (Å²) in [6.07, 6.45) is -3.38. The van der Waals surface area contributed by atoms with Gasteiger partial charge in [-0.05, 0) is 38.1 Å². The molecule has 9 heteroatoms. The summed E-state index contributed by atoms with van der Waals surface area (Å²) in [5.41, 5.74) is -1.15. The van der Waals surface area contributed by atoms with Crippen molar-refractivity contribution < 1.29 is 27.9 Å². The Morgan fingerprint density at radius 1 is 1.20 bits per heavy atom. The van der Waals surface area contributed by atoms with Crippen LogP contribution in [0, 0.1) is 0 Å². The van der Waals surface area contributed by atoms with Crippen molar-refractivity contribution in [3.05, 3.63) is 29.8 Å². The molecule has 0 unspecified atom stereocenters. The normalized spacial score (nSPS) is 11.1. The van der Waals surface area contributed by atoms with E-state index in [-0.39, 0.29) is 31.1 Å². The van der Waals surface area contributed by atoms with Crippen LogP contribution in [0.1, 0.15) is 31.7 Å². The van der Waals surface area contributed by atoms with Crippen LogP contribution in [0.4, 0.5) is 18.9 Å². The van der Waals surface area contributed by atoms with Crippen LogP contribution in [0.2, 0.25) is 0 Å². The molecule has 0 aliphatic heterocycles. The summed E-state index contributed by atoms with van der Waals surface area (Å²) < 4.78 is 38.7. The minimum atomic E-state index is -4.54. The average molecular weight is 383 g/mol. The fourth-order valence-electron chi connectivity index (χ4n) is 2.19. The number of carbonyl (C=O) groups is 2. The number of amides is 1. The number of nitrogens with zero attached hydrogens (tertiary/aromatic N) is 1. The third-order valence-electron chi connectivity index (χ3n) is 3.44. The molecule has 142 valence electrons. The van der Waals surface area contributed by atoms with Gasteiger partial charge in [0.15, 0.2) is 0 Å². The number of para-hydroxylation sites is 1. The van der Waals surface area contributed by atoms with E-state index in [4.69, 9.17) is 5.11 Å². The second kappa shape index (κ2) is 10.9. The molecule has 0 atom stereocenters. The van der Waals surface area contributed by atoms with Crippen LogP contribution in [-0.2, 0) is 15.8 Å². The Morgan fingerprint density at radius 3 is 2.40 bits per heavy atom. The molecule has 0 radical (unpaired) electrons. The van der Waals surface area contributed by atoms with Crippen molar-refractivity contribution in [3.8, 4) is 0 Å². The molecular formula is C16H22ClF3N2O3. The van der Waals surface area contributed by atoms with Gasteiger partial charge in [-0.1, -0.05) is 19.1 Å². The number of carboxylic acid groups (broad SMARTS) is 1. The number of aliphatic carboxylic acids is 1. The Balaban J connectivity index is 0.00000576. The molecule has 2 N–H and O–H groups in total. The molecular weight excluding hydrogens is 361 g/mol. The summed E-state index contributed by atoms with van der Waals surface area (Å²) in [5.74, 6) is -1.41. The summed E-state index contributed by atoms with van der Waals surface area (Å²) in [6.45, 7) is 2.84. The first kappa shape index (κ1) is 23.2. The molecule has 0 bridgehead atoms. The van der Waals surface area contributed by atoms with Crippen molar-refractivity contribution in [3.63, 3.8) is 0 Å². The van der Waals surface area contributed by atoms with E-state index in [9.17, 15) is 22.8 Å². The van der Waals surface area contributed by atoms with Crippen molar-refractivity contribution >= 4 is 30.0 Å². The lowest BCUT2D eigenvalue weighted by molar-refractivity contribution is -0.138. The second-order valence-electron chi connectivity index (χ2n) is 5.31. The number of hydrogen-bond acceptors (Lipinski definition) is 3. The number of nitrogens with one attached hydrogen (secondary N) is 1. The molecule has 0 heterocycles. The first-order valence-electron chi connectivity index (χ1n) is 7.64. The van der Waals surface area contributed by atoms with Gasteiger partial charge in [0.25, 0.3) is 0 Å². The highest BCUT2D eigenvalue weighted by Crippen LogP contribution is 2.34. The second-order valence-corrected chi connectivity index (χ2v) is 5.31. The molecule has 5 nitrogen and oxygen atoms in total. The molecule has 1 aromatic rings. The van der Waals surface area contributed by atoms with E-state index < -0.39 is 23.6 Å². The van der Waals surface area contributed by atoms with Crippen molar-refractivity contribution in [1.82, 2.24) is 4.90 Å². The van der Waals surface area contributed by atoms with Crippen molar-refractivity contribution in [1.29, 1.82) is 0 Å². The van der Waals surface area contributed by atoms with Crippen LogP contribution in [-0.4, -0.2) is 41.5 Å². The van der Waals surface area contributed by atoms with E-state index in [1.165, 1.54) is 18.2 Å². The standard InChI is InChI=1S/C16H21F3N2O3.ClH/c1-2-21(10-6-5-9-15(23)24)11-14(22)20-13-8-4-3-7-12(13)16(17,18)19;/h3-4,7-8H,2,5-6,9-11H2,1H3,(H,20,22)(H,23,24);1H. The number of alkyl halides is 3. The van der Waals surface area contributed by atoms with Gasteiger partial charge >= 0.3 is 12.1 Å². The van der Waals surface area contributed by atoms with E-state index in [0.717, 1.165) is 6.07 Å². The van der Waals surface area contributed by atoms with Gasteiger partial charge in [0, 0.05) is 6.42 Å². The highest BCUT2D eigenvalue weighted by atomic mass is 35.5. The summed E-state index contributed by atoms with van der Waals surface area (Å²) in [4.78, 5) is 24.2. The van der Waals surface area contributed by atoms with Crippen molar-refractivity contribution in [2.75, 3.05) is 25.0 Å². The first-order valence-corrected chi connectivity index (χ1v) is 7.64. The highest BCUT2D eigenvalue weighted by Gasteiger charge is 2.33. The van der Waals surface area contributed by atoms with Crippen LogP contribution < -0.4 is 5.32 Å². The minimum Gasteiger partial charge on any atom is -0.481 e. The third kappa shape index (κ3) is 8.74. The number of benzene rings is 1. The molecule has 0 aliphatic rings. The molecule has 1 aromatic carbocycles. The zero-order valence-corrected chi connectivity index (χ0v) is 14.6. The minimum absolute atomic E-state index is 0. The van der Waals surface area contributed by atoms with Crippen molar-refractivity contribution in [2.45, 2.75) is 32.4 Å². The van der Waals surface area contributed by atoms with Crippen LogP contribution >= 0.6 is 12.4 Å². The van der Waals surface area contributed by atoms with Gasteiger partial charge in [0.1, 0.15) is 0 Å². The fourth-order valence-corrected chi connectivity index (χ4v) is 2.19. The maximum Gasteiger partial charge on any atom is 0.418 e. The zero-order chi connectivity index (χ0) is 18.2. The van der Waals surface area contributed by atoms with Gasteiger partial charge in [-0.15, -0.1) is 12.4 Å². The van der Waals surface area contributed by atoms with Gasteiger partial charge in [-0.25, -0.2) is 0 Å². The molecule has 1 amide bonds. The molecule has 0 spiro atoms. The first-order chi connectivity index (χ1) is 11.2. The van der Waals surface area contributed by atoms with Crippen molar-refractivity contribution in [2.24, 2.45) is 0 Å². The average Bonchev–Trinajstić information content (AvgIpc) is 2.49. The van der Waals surface area contributed by atoms with Gasteiger partial charge < -0.3 is 10.4 Å². The van der Waals surface area contributed by atoms with Crippen LogP contribution in [0.15, 0.2) is 24.3 Å². The van der Waals surface area contributed by atoms with Crippen LogP contribution in [0.25, 0.3) is 0 Å². The molecule has 0 saturated carbocycles. The predicted molar refractivity (Wildman–Crippen MR) is 90.9 cm³/mol. The van der Waals surface area contributed by atoms with Gasteiger partial charge in [-0.3, -0.25) is 14.5 Å². The smallest absolute Gasteiger partial charge is 0.418 e. The number of rotatable bonds is 9. The lowest BCUT2D eigenvalue weighted by atomic mass is 10.1. The molecule has 0 fully saturated rings. The summed E-state index contributed by atoms with van der Waals surface area (Å²) in [5, 5.41) is 10.9. The van der Waals surface area contributed by atoms with E-state index in [1.807, 2.05) is 6.92 Å². The van der Waals surface area contributed by atoms with Gasteiger partial charge in [0.05, 0.1) is 17.8 Å². The number of halogens is 4. The maximum atomic E-state index is 12.9. The lowest BCUT2D eigenvalue weighted by Crippen LogP contribution is -2.34. The molecule has 0 saturated heterocycles. The van der Waals surface area contributed by atoms with Crippen LogP contribution in [0.3, 0.4) is 0 Å². The molecule has 25 heavy (non-hydrogen) atoms. The fraction of sp³-hybridized carbons (Fsp3) is 0.500. The number of carboxylic acids is 1. The zero-order valence-electron chi connectivity index (χ0n) is 13.8. The third-order valence-corrected chi connectivity index (χ3v) is 3.44. The lowest BCUT2D eigenvalue weighted by Gasteiger charge is -2.20. The summed E-state index contributed by atoms with van der Waals surface area (Å²) >= 11 is 0. The van der Waals surface area contributed by atoms with Gasteiger partial charge in [-0.2, -0.15) is 13.2 Å². The highest BCUT2D eigenvalue weighted by molar-refractivity contribution is 5.93. The Bertz CT molecular complexity index is 568. The van der Waals surface area contributed by atoms with E-state index in [0.29, 0.717) is 25.9 Å². The molecule has 0 aromatic heterocycles. The number of carbonyl (C=O) groups excluding carboxylic acids is 1. The number of hydrogen-bond donors (Lipinski definition) is 2. The largest absolute Gasteiger partial charge is 0.481 e. The monoisotopic (exact) mass is 382 g/mol. The molecule has 1 rings (SSSR count). The van der Waals surface area contributed by atoms with Gasteiger partial charge in [0.2, 0.25) is 5.91 Å². The van der Waals surface area contributed by atoms with E-state index in [1.54, 1.807) is 4.90 Å². The number of unbranched alkanes of at least 4 members (excludes halogenated alkanes) is 1. The topological polar surface area (TPSA) is 69.6 Å². The maximum absolute atomic E-state index is 12.9. The number of anilines is 1. The van der Waals surface area contributed by atoms with Crippen LogP contribution in [0.5, 0.6) is 0 Å². The Morgan fingerprint density at radius 2 is 1.84 bits per heavy atom. The summed E-state index contributed by atoms with van der Waals surface area (Å²) in [6, 6.07) is 4.82. The molecule has 0 aliphatic carbocycles. The predicted octanol–water partition coefficient (Wildman–Crippen LogP) is 3.64.